The first kappa shape index (κ1) is 9.64. The van der Waals surface area contributed by atoms with Crippen LogP contribution < -0.4 is 0 Å². The van der Waals surface area contributed by atoms with Gasteiger partial charge in [-0.15, -0.1) is 0 Å². The van der Waals surface area contributed by atoms with Crippen molar-refractivity contribution >= 4 is 5.97 Å². The van der Waals surface area contributed by atoms with Crippen LogP contribution in [-0.2, 0) is 9.53 Å². The Balaban J connectivity index is 1.97. The van der Waals surface area contributed by atoms with Crippen LogP contribution in [0.3, 0.4) is 0 Å². The minimum Gasteiger partial charge on any atom is -0.458 e. The smallest absolute Gasteiger partial charge is 0.306 e. The van der Waals surface area contributed by atoms with Gasteiger partial charge >= 0.3 is 5.97 Å². The molecule has 0 aromatic rings. The molecule has 2 saturated carbocycles. The van der Waals surface area contributed by atoms with Gasteiger partial charge in [-0.2, -0.15) is 0 Å². The van der Waals surface area contributed by atoms with Crippen molar-refractivity contribution in [3.05, 3.63) is 0 Å². The molecular formula is C12H18O3. The van der Waals surface area contributed by atoms with Gasteiger partial charge < -0.3 is 9.84 Å². The molecule has 3 aliphatic rings. The lowest BCUT2D eigenvalue weighted by Gasteiger charge is -2.39. The maximum absolute atomic E-state index is 11.5. The van der Waals surface area contributed by atoms with Gasteiger partial charge in [0.2, 0.25) is 0 Å². The number of ether oxygens (including phenoxy) is 1. The minimum atomic E-state index is -0.627. The fourth-order valence-corrected chi connectivity index (χ4v) is 4.13. The second-order valence-electron chi connectivity index (χ2n) is 5.84. The average molecular weight is 210 g/mol. The topological polar surface area (TPSA) is 46.5 Å². The Morgan fingerprint density at radius 2 is 2.13 bits per heavy atom. The highest BCUT2D eigenvalue weighted by molar-refractivity contribution is 5.73. The Labute approximate surface area is 89.8 Å². The zero-order valence-corrected chi connectivity index (χ0v) is 9.16. The molecule has 3 nitrogen and oxygen atoms in total. The first-order valence-electron chi connectivity index (χ1n) is 5.96. The molecule has 0 aromatic heterocycles. The summed E-state index contributed by atoms with van der Waals surface area (Å²) >= 11 is 0. The van der Waals surface area contributed by atoms with Gasteiger partial charge in [0, 0.05) is 18.3 Å². The highest BCUT2D eigenvalue weighted by Crippen LogP contribution is 2.58. The Morgan fingerprint density at radius 1 is 1.40 bits per heavy atom. The SMILES string of the molecule is CC1(O)CC2CCCC3CC(=O)OC32C1. The Hall–Kier alpha value is -0.570. The summed E-state index contributed by atoms with van der Waals surface area (Å²) < 4.78 is 5.61. The van der Waals surface area contributed by atoms with Crippen LogP contribution in [0.2, 0.25) is 0 Å². The van der Waals surface area contributed by atoms with Crippen molar-refractivity contribution in [3.8, 4) is 0 Å². The molecule has 1 aliphatic heterocycles. The van der Waals surface area contributed by atoms with E-state index in [4.69, 9.17) is 4.74 Å². The van der Waals surface area contributed by atoms with Gasteiger partial charge in [0.15, 0.2) is 0 Å². The van der Waals surface area contributed by atoms with Gasteiger partial charge in [-0.05, 0) is 26.2 Å². The Bertz CT molecular complexity index is 310. The number of carbonyl (C=O) groups excluding carboxylic acids is 1. The lowest BCUT2D eigenvalue weighted by molar-refractivity contribution is -0.155. The third kappa shape index (κ3) is 1.25. The summed E-state index contributed by atoms with van der Waals surface area (Å²) in [7, 11) is 0. The predicted molar refractivity (Wildman–Crippen MR) is 54.1 cm³/mol. The number of carbonyl (C=O) groups is 1. The molecule has 4 atom stereocenters. The van der Waals surface area contributed by atoms with Crippen LogP contribution in [-0.4, -0.2) is 22.3 Å². The zero-order valence-electron chi connectivity index (χ0n) is 9.16. The van der Waals surface area contributed by atoms with Crippen LogP contribution in [0.1, 0.15) is 45.4 Å². The Kier molecular flexibility index (Phi) is 1.77. The largest absolute Gasteiger partial charge is 0.458 e. The van der Waals surface area contributed by atoms with Crippen molar-refractivity contribution in [1.29, 1.82) is 0 Å². The minimum absolute atomic E-state index is 0.0513. The molecule has 3 heteroatoms. The van der Waals surface area contributed by atoms with E-state index in [0.717, 1.165) is 19.3 Å². The molecule has 15 heavy (non-hydrogen) atoms. The number of esters is 1. The molecule has 0 amide bonds. The normalized spacial score (nSPS) is 53.6. The maximum Gasteiger partial charge on any atom is 0.306 e. The third-order valence-corrected chi connectivity index (χ3v) is 4.55. The van der Waals surface area contributed by atoms with Crippen LogP contribution in [0.25, 0.3) is 0 Å². The van der Waals surface area contributed by atoms with Crippen LogP contribution in [0.4, 0.5) is 0 Å². The first-order chi connectivity index (χ1) is 7.02. The molecule has 1 heterocycles. The van der Waals surface area contributed by atoms with Crippen molar-refractivity contribution < 1.29 is 14.6 Å². The Morgan fingerprint density at radius 3 is 2.93 bits per heavy atom. The summed E-state index contributed by atoms with van der Waals surface area (Å²) in [4.78, 5) is 11.5. The molecule has 1 spiro atoms. The van der Waals surface area contributed by atoms with Crippen LogP contribution in [0.5, 0.6) is 0 Å². The summed E-state index contributed by atoms with van der Waals surface area (Å²) in [6, 6.07) is 0. The van der Waals surface area contributed by atoms with Crippen molar-refractivity contribution in [2.75, 3.05) is 0 Å². The van der Waals surface area contributed by atoms with E-state index < -0.39 is 5.60 Å². The quantitative estimate of drug-likeness (QED) is 0.618. The molecule has 0 radical (unpaired) electrons. The van der Waals surface area contributed by atoms with Crippen molar-refractivity contribution in [2.24, 2.45) is 11.8 Å². The predicted octanol–water partition coefficient (Wildman–Crippen LogP) is 1.63. The number of aliphatic hydroxyl groups is 1. The number of rotatable bonds is 0. The summed E-state index contributed by atoms with van der Waals surface area (Å²) in [6.07, 6.45) is 5.42. The van der Waals surface area contributed by atoms with Crippen LogP contribution in [0, 0.1) is 11.8 Å². The second-order valence-corrected chi connectivity index (χ2v) is 5.84. The molecule has 3 rings (SSSR count). The highest BCUT2D eigenvalue weighted by Gasteiger charge is 2.62. The lowest BCUT2D eigenvalue weighted by atomic mass is 9.70. The maximum atomic E-state index is 11.5. The molecule has 2 aliphatic carbocycles. The average Bonchev–Trinajstić information content (AvgIpc) is 2.53. The molecular weight excluding hydrogens is 192 g/mol. The van der Waals surface area contributed by atoms with Crippen molar-refractivity contribution in [2.45, 2.75) is 56.7 Å². The van der Waals surface area contributed by atoms with Crippen molar-refractivity contribution in [1.82, 2.24) is 0 Å². The third-order valence-electron chi connectivity index (χ3n) is 4.55. The van der Waals surface area contributed by atoms with E-state index >= 15 is 0 Å². The summed E-state index contributed by atoms with van der Waals surface area (Å²) in [5.74, 6) is 0.722. The lowest BCUT2D eigenvalue weighted by Crippen LogP contribution is -2.43. The van der Waals surface area contributed by atoms with E-state index in [-0.39, 0.29) is 11.6 Å². The van der Waals surface area contributed by atoms with Gasteiger partial charge in [-0.25, -0.2) is 0 Å². The number of hydrogen-bond donors (Lipinski definition) is 1. The molecule has 0 aromatic carbocycles. The van der Waals surface area contributed by atoms with E-state index in [1.165, 1.54) is 6.42 Å². The second kappa shape index (κ2) is 2.76. The highest BCUT2D eigenvalue weighted by atomic mass is 16.6. The standard InChI is InChI=1S/C12H18O3/c1-11(14)6-9-4-2-3-8-5-10(13)15-12(8,9)7-11/h8-9,14H,2-7H2,1H3. The first-order valence-corrected chi connectivity index (χ1v) is 5.96. The van der Waals surface area contributed by atoms with Gasteiger partial charge in [0.1, 0.15) is 5.60 Å². The van der Waals surface area contributed by atoms with Gasteiger partial charge in [-0.1, -0.05) is 6.42 Å². The summed E-state index contributed by atoms with van der Waals surface area (Å²) in [5, 5.41) is 10.2. The van der Waals surface area contributed by atoms with Crippen LogP contribution in [0.15, 0.2) is 0 Å². The van der Waals surface area contributed by atoms with E-state index in [2.05, 4.69) is 0 Å². The zero-order chi connectivity index (χ0) is 10.7. The van der Waals surface area contributed by atoms with Gasteiger partial charge in [0.05, 0.1) is 12.0 Å². The van der Waals surface area contributed by atoms with E-state index in [1.54, 1.807) is 0 Å². The summed E-state index contributed by atoms with van der Waals surface area (Å²) in [6.45, 7) is 1.88. The monoisotopic (exact) mass is 210 g/mol. The van der Waals surface area contributed by atoms with Gasteiger partial charge in [0.25, 0.3) is 0 Å². The molecule has 84 valence electrons. The molecule has 4 unspecified atom stereocenters. The molecule has 1 saturated heterocycles. The summed E-state index contributed by atoms with van der Waals surface area (Å²) in [5.41, 5.74) is -0.920. The van der Waals surface area contributed by atoms with Crippen molar-refractivity contribution in [3.63, 3.8) is 0 Å². The van der Waals surface area contributed by atoms with Crippen LogP contribution >= 0.6 is 0 Å². The molecule has 1 N–H and O–H groups in total. The number of hydrogen-bond acceptors (Lipinski definition) is 3. The van der Waals surface area contributed by atoms with E-state index in [1.807, 2.05) is 6.92 Å². The fourth-order valence-electron chi connectivity index (χ4n) is 4.13. The van der Waals surface area contributed by atoms with E-state index in [9.17, 15) is 9.90 Å². The van der Waals surface area contributed by atoms with Gasteiger partial charge in [-0.3, -0.25) is 4.79 Å². The molecule has 0 bridgehead atoms. The molecule has 3 fully saturated rings. The van der Waals surface area contributed by atoms with E-state index in [0.29, 0.717) is 24.7 Å². The fraction of sp³-hybridized carbons (Fsp3) is 0.917.